The standard InChI is InChI=1S/C32H17N3O2/c1-3-7-27-19(5-1)22-11-12-23-24-16-25-26(34-14-13-33-25)17-30(24)37-32(23)31(22)35(27)18-9-10-21-20-6-2-4-8-28(20)36-29(21)15-18/h1-17H. The van der Waals surface area contributed by atoms with E-state index in [-0.39, 0.29) is 0 Å². The Kier molecular flexibility index (Phi) is 3.47. The Morgan fingerprint density at radius 1 is 0.514 bits per heavy atom. The number of aromatic nitrogens is 3. The van der Waals surface area contributed by atoms with E-state index in [1.165, 1.54) is 5.39 Å². The molecule has 0 bridgehead atoms. The molecule has 9 aromatic rings. The van der Waals surface area contributed by atoms with Gasteiger partial charge in [-0.25, -0.2) is 0 Å². The summed E-state index contributed by atoms with van der Waals surface area (Å²) in [5, 5.41) is 6.66. The van der Waals surface area contributed by atoms with E-state index < -0.39 is 0 Å². The van der Waals surface area contributed by atoms with Gasteiger partial charge in [0.1, 0.15) is 16.7 Å². The van der Waals surface area contributed by atoms with Crippen molar-refractivity contribution in [3.05, 3.63) is 103 Å². The molecule has 9 rings (SSSR count). The van der Waals surface area contributed by atoms with Crippen molar-refractivity contribution in [1.82, 2.24) is 14.5 Å². The van der Waals surface area contributed by atoms with Crippen LogP contribution in [0.15, 0.2) is 112 Å². The molecule has 172 valence electrons. The first-order chi connectivity index (χ1) is 18.3. The summed E-state index contributed by atoms with van der Waals surface area (Å²) in [6, 6.07) is 31.5. The lowest BCUT2D eigenvalue weighted by Crippen LogP contribution is -1.93. The van der Waals surface area contributed by atoms with Crippen LogP contribution in [-0.4, -0.2) is 14.5 Å². The van der Waals surface area contributed by atoms with Crippen LogP contribution in [0.1, 0.15) is 0 Å². The third kappa shape index (κ3) is 2.47. The molecule has 0 atom stereocenters. The normalized spacial score (nSPS) is 12.3. The van der Waals surface area contributed by atoms with Gasteiger partial charge in [-0.1, -0.05) is 42.5 Å². The van der Waals surface area contributed by atoms with Gasteiger partial charge in [-0.05, 0) is 36.4 Å². The summed E-state index contributed by atoms with van der Waals surface area (Å²) < 4.78 is 15.1. The van der Waals surface area contributed by atoms with E-state index in [4.69, 9.17) is 8.83 Å². The van der Waals surface area contributed by atoms with Gasteiger partial charge in [-0.2, -0.15) is 0 Å². The third-order valence-corrected chi connectivity index (χ3v) is 7.48. The second-order valence-corrected chi connectivity index (χ2v) is 9.47. The summed E-state index contributed by atoms with van der Waals surface area (Å²) >= 11 is 0. The van der Waals surface area contributed by atoms with Crippen LogP contribution in [0.25, 0.3) is 82.4 Å². The molecule has 5 heteroatoms. The number of hydrogen-bond acceptors (Lipinski definition) is 4. The first kappa shape index (κ1) is 19.1. The summed E-state index contributed by atoms with van der Waals surface area (Å²) in [6.07, 6.45) is 3.43. The van der Waals surface area contributed by atoms with Gasteiger partial charge >= 0.3 is 0 Å². The summed E-state index contributed by atoms with van der Waals surface area (Å²) in [5.41, 5.74) is 8.28. The van der Waals surface area contributed by atoms with E-state index in [0.29, 0.717) is 0 Å². The maximum absolute atomic E-state index is 6.59. The van der Waals surface area contributed by atoms with E-state index in [1.54, 1.807) is 12.4 Å². The van der Waals surface area contributed by atoms with Crippen LogP contribution in [-0.2, 0) is 0 Å². The molecule has 0 spiro atoms. The summed E-state index contributed by atoms with van der Waals surface area (Å²) in [5.74, 6) is 0. The molecule has 0 unspecified atom stereocenters. The van der Waals surface area contributed by atoms with Crippen LogP contribution >= 0.6 is 0 Å². The molecule has 5 nitrogen and oxygen atoms in total. The van der Waals surface area contributed by atoms with Crippen LogP contribution in [0, 0.1) is 0 Å². The van der Waals surface area contributed by atoms with Crippen molar-refractivity contribution < 1.29 is 8.83 Å². The Morgan fingerprint density at radius 2 is 1.22 bits per heavy atom. The van der Waals surface area contributed by atoms with Crippen LogP contribution in [0.5, 0.6) is 0 Å². The van der Waals surface area contributed by atoms with Gasteiger partial charge in [0, 0.05) is 56.8 Å². The highest BCUT2D eigenvalue weighted by atomic mass is 16.3. The van der Waals surface area contributed by atoms with E-state index in [2.05, 4.69) is 81.3 Å². The topological polar surface area (TPSA) is 57.0 Å². The molecular formula is C32H17N3O2. The van der Waals surface area contributed by atoms with Crippen molar-refractivity contribution in [2.45, 2.75) is 0 Å². The van der Waals surface area contributed by atoms with Gasteiger partial charge in [0.05, 0.1) is 27.8 Å². The fourth-order valence-electron chi connectivity index (χ4n) is 5.86. The largest absolute Gasteiger partial charge is 0.456 e. The minimum atomic E-state index is 0.806. The maximum Gasteiger partial charge on any atom is 0.160 e. The lowest BCUT2D eigenvalue weighted by molar-refractivity contribution is 0.668. The Labute approximate surface area is 209 Å². The predicted octanol–water partition coefficient (Wildman–Crippen LogP) is 8.53. The number of benzene rings is 5. The van der Waals surface area contributed by atoms with Gasteiger partial charge < -0.3 is 13.4 Å². The lowest BCUT2D eigenvalue weighted by atomic mass is 10.1. The molecule has 0 saturated heterocycles. The highest BCUT2D eigenvalue weighted by Gasteiger charge is 2.20. The first-order valence-electron chi connectivity index (χ1n) is 12.2. The van der Waals surface area contributed by atoms with E-state index >= 15 is 0 Å². The van der Waals surface area contributed by atoms with Crippen LogP contribution in [0.3, 0.4) is 0 Å². The van der Waals surface area contributed by atoms with Crippen LogP contribution in [0.4, 0.5) is 0 Å². The highest BCUT2D eigenvalue weighted by molar-refractivity contribution is 6.22. The number of rotatable bonds is 1. The van der Waals surface area contributed by atoms with Gasteiger partial charge in [0.15, 0.2) is 5.58 Å². The van der Waals surface area contributed by atoms with Crippen molar-refractivity contribution in [1.29, 1.82) is 0 Å². The van der Waals surface area contributed by atoms with Crippen molar-refractivity contribution in [3.8, 4) is 5.69 Å². The van der Waals surface area contributed by atoms with Gasteiger partial charge in [-0.3, -0.25) is 9.97 Å². The van der Waals surface area contributed by atoms with Gasteiger partial charge in [-0.15, -0.1) is 0 Å². The molecule has 4 aromatic heterocycles. The van der Waals surface area contributed by atoms with E-state index in [0.717, 1.165) is 77.0 Å². The third-order valence-electron chi connectivity index (χ3n) is 7.48. The average Bonchev–Trinajstić information content (AvgIpc) is 3.60. The summed E-state index contributed by atoms with van der Waals surface area (Å²) in [4.78, 5) is 8.98. The zero-order valence-electron chi connectivity index (χ0n) is 19.5. The van der Waals surface area contributed by atoms with E-state index in [9.17, 15) is 0 Å². The smallest absolute Gasteiger partial charge is 0.160 e. The van der Waals surface area contributed by atoms with Crippen LogP contribution in [0.2, 0.25) is 0 Å². The second kappa shape index (κ2) is 6.74. The quantitative estimate of drug-likeness (QED) is 0.239. The minimum absolute atomic E-state index is 0.806. The molecule has 0 aliphatic rings. The highest BCUT2D eigenvalue weighted by Crippen LogP contribution is 2.41. The fraction of sp³-hybridized carbons (Fsp3) is 0. The lowest BCUT2D eigenvalue weighted by Gasteiger charge is -2.08. The molecule has 0 fully saturated rings. The Morgan fingerprint density at radius 3 is 2.14 bits per heavy atom. The summed E-state index contributed by atoms with van der Waals surface area (Å²) in [7, 11) is 0. The Hall–Kier alpha value is -5.16. The Bertz CT molecular complexity index is 2370. The number of nitrogens with zero attached hydrogens (tertiary/aromatic N) is 3. The molecule has 0 N–H and O–H groups in total. The molecule has 5 aromatic carbocycles. The fourth-order valence-corrected chi connectivity index (χ4v) is 5.86. The Balaban J connectivity index is 1.44. The number of fused-ring (bicyclic) bond motifs is 11. The van der Waals surface area contributed by atoms with Gasteiger partial charge in [0.25, 0.3) is 0 Å². The zero-order chi connectivity index (χ0) is 24.1. The first-order valence-corrected chi connectivity index (χ1v) is 12.2. The predicted molar refractivity (Wildman–Crippen MR) is 148 cm³/mol. The maximum atomic E-state index is 6.59. The molecule has 0 aliphatic carbocycles. The molecular weight excluding hydrogens is 458 g/mol. The van der Waals surface area contributed by atoms with Crippen LogP contribution < -0.4 is 0 Å². The number of hydrogen-bond donors (Lipinski definition) is 0. The van der Waals surface area contributed by atoms with Gasteiger partial charge in [0.2, 0.25) is 0 Å². The van der Waals surface area contributed by atoms with Crippen molar-refractivity contribution in [2.75, 3.05) is 0 Å². The summed E-state index contributed by atoms with van der Waals surface area (Å²) in [6.45, 7) is 0. The molecule has 0 amide bonds. The average molecular weight is 476 g/mol. The minimum Gasteiger partial charge on any atom is -0.456 e. The molecule has 0 radical (unpaired) electrons. The van der Waals surface area contributed by atoms with Crippen molar-refractivity contribution in [2.24, 2.45) is 0 Å². The number of furan rings is 2. The molecule has 4 heterocycles. The zero-order valence-corrected chi connectivity index (χ0v) is 19.5. The van der Waals surface area contributed by atoms with E-state index in [1.807, 2.05) is 24.3 Å². The monoisotopic (exact) mass is 475 g/mol. The SMILES string of the molecule is c1ccc2c(c1)oc1cc(-n3c4ccccc4c4ccc5c6cc7nccnc7cc6oc5c43)ccc12. The number of para-hydroxylation sites is 2. The molecule has 0 aliphatic heterocycles. The van der Waals surface area contributed by atoms with Crippen molar-refractivity contribution in [3.63, 3.8) is 0 Å². The molecule has 37 heavy (non-hydrogen) atoms. The molecule has 0 saturated carbocycles. The second-order valence-electron chi connectivity index (χ2n) is 9.47. The van der Waals surface area contributed by atoms with Crippen molar-refractivity contribution >= 4 is 76.7 Å².